The van der Waals surface area contributed by atoms with Gasteiger partial charge < -0.3 is 5.32 Å². The van der Waals surface area contributed by atoms with Gasteiger partial charge in [-0.1, -0.05) is 11.6 Å². The number of aliphatic imine (C=N–C) groups is 1. The molecule has 0 saturated heterocycles. The highest BCUT2D eigenvalue weighted by Gasteiger charge is 2.06. The lowest BCUT2D eigenvalue weighted by atomic mass is 10.1. The van der Waals surface area contributed by atoms with Gasteiger partial charge in [-0.05, 0) is 25.3 Å². The van der Waals surface area contributed by atoms with Crippen molar-refractivity contribution in [2.75, 3.05) is 5.32 Å². The second-order valence-corrected chi connectivity index (χ2v) is 3.72. The van der Waals surface area contributed by atoms with Gasteiger partial charge in [0.15, 0.2) is 0 Å². The predicted octanol–water partition coefficient (Wildman–Crippen LogP) is 2.64. The van der Waals surface area contributed by atoms with E-state index in [-0.39, 0.29) is 0 Å². The van der Waals surface area contributed by atoms with Gasteiger partial charge in [0.2, 0.25) is 0 Å². The third-order valence-electron chi connectivity index (χ3n) is 2.15. The molecule has 0 spiro atoms. The molecule has 1 aliphatic heterocycles. The molecule has 1 aliphatic rings. The molecule has 0 aromatic carbocycles. The summed E-state index contributed by atoms with van der Waals surface area (Å²) in [6.45, 7) is 2.06. The van der Waals surface area contributed by atoms with E-state index in [0.717, 1.165) is 18.7 Å². The first-order valence-electron chi connectivity index (χ1n) is 4.72. The van der Waals surface area contributed by atoms with Crippen molar-refractivity contribution in [1.29, 1.82) is 0 Å². The first-order chi connectivity index (χ1) is 7.25. The van der Waals surface area contributed by atoms with Crippen molar-refractivity contribution in [1.82, 2.24) is 9.97 Å². The van der Waals surface area contributed by atoms with Gasteiger partial charge >= 0.3 is 0 Å². The van der Waals surface area contributed by atoms with Crippen LogP contribution in [0.2, 0.25) is 5.15 Å². The van der Waals surface area contributed by atoms with Gasteiger partial charge in [0.05, 0.1) is 0 Å². The Morgan fingerprint density at radius 3 is 3.00 bits per heavy atom. The van der Waals surface area contributed by atoms with E-state index >= 15 is 0 Å². The molecule has 0 aliphatic carbocycles. The molecule has 4 nitrogen and oxygen atoms in total. The molecule has 0 radical (unpaired) electrons. The summed E-state index contributed by atoms with van der Waals surface area (Å²) in [5.41, 5.74) is 1.23. The molecular formula is C10H11ClN4. The van der Waals surface area contributed by atoms with E-state index in [1.165, 1.54) is 11.9 Å². The maximum absolute atomic E-state index is 5.75. The minimum absolute atomic E-state index is 0.422. The molecule has 1 aromatic heterocycles. The van der Waals surface area contributed by atoms with Crippen molar-refractivity contribution in [2.24, 2.45) is 4.99 Å². The zero-order chi connectivity index (χ0) is 10.7. The molecule has 0 amide bonds. The SMILES string of the molecule is CC1=C(Nc2cc(Cl)ncn2)N=CCC1. The number of nitrogens with one attached hydrogen (secondary N) is 1. The number of hydrogen-bond donors (Lipinski definition) is 1. The molecular weight excluding hydrogens is 212 g/mol. The van der Waals surface area contributed by atoms with Crippen LogP contribution in [0, 0.1) is 0 Å². The van der Waals surface area contributed by atoms with E-state index in [4.69, 9.17) is 11.6 Å². The normalized spacial score (nSPS) is 15.6. The van der Waals surface area contributed by atoms with Crippen molar-refractivity contribution in [3.63, 3.8) is 0 Å². The average Bonchev–Trinajstić information content (AvgIpc) is 2.22. The van der Waals surface area contributed by atoms with E-state index in [2.05, 4.69) is 27.2 Å². The highest BCUT2D eigenvalue weighted by atomic mass is 35.5. The Balaban J connectivity index is 2.18. The number of halogens is 1. The lowest BCUT2D eigenvalue weighted by molar-refractivity contribution is 0.954. The zero-order valence-corrected chi connectivity index (χ0v) is 9.12. The molecule has 0 saturated carbocycles. The molecule has 1 N–H and O–H groups in total. The minimum Gasteiger partial charge on any atom is -0.325 e. The van der Waals surface area contributed by atoms with Gasteiger partial charge in [0.1, 0.15) is 23.1 Å². The van der Waals surface area contributed by atoms with Crippen LogP contribution in [-0.2, 0) is 0 Å². The van der Waals surface area contributed by atoms with Crippen LogP contribution in [0.4, 0.5) is 5.82 Å². The van der Waals surface area contributed by atoms with Gasteiger partial charge in [-0.2, -0.15) is 0 Å². The van der Waals surface area contributed by atoms with Crippen molar-refractivity contribution >= 4 is 23.6 Å². The summed E-state index contributed by atoms with van der Waals surface area (Å²) >= 11 is 5.75. The summed E-state index contributed by atoms with van der Waals surface area (Å²) < 4.78 is 0. The van der Waals surface area contributed by atoms with E-state index in [0.29, 0.717) is 11.0 Å². The van der Waals surface area contributed by atoms with Crippen LogP contribution in [0.5, 0.6) is 0 Å². The van der Waals surface area contributed by atoms with Crippen LogP contribution >= 0.6 is 11.6 Å². The number of hydrogen-bond acceptors (Lipinski definition) is 4. The number of allylic oxidation sites excluding steroid dienone is 1. The summed E-state index contributed by atoms with van der Waals surface area (Å²) in [6.07, 6.45) is 5.36. The van der Waals surface area contributed by atoms with Crippen LogP contribution in [0.1, 0.15) is 19.8 Å². The van der Waals surface area contributed by atoms with Crippen LogP contribution in [0.25, 0.3) is 0 Å². The molecule has 1 aromatic rings. The maximum Gasteiger partial charge on any atom is 0.136 e. The predicted molar refractivity (Wildman–Crippen MR) is 61.1 cm³/mol. The first kappa shape index (κ1) is 10.1. The van der Waals surface area contributed by atoms with E-state index in [9.17, 15) is 0 Å². The summed E-state index contributed by atoms with van der Waals surface area (Å²) in [5.74, 6) is 1.53. The van der Waals surface area contributed by atoms with E-state index < -0.39 is 0 Å². The Labute approximate surface area is 93.1 Å². The maximum atomic E-state index is 5.75. The van der Waals surface area contributed by atoms with Crippen molar-refractivity contribution in [3.8, 4) is 0 Å². The van der Waals surface area contributed by atoms with Crippen LogP contribution in [0.3, 0.4) is 0 Å². The molecule has 78 valence electrons. The third-order valence-corrected chi connectivity index (χ3v) is 2.36. The molecule has 5 heteroatoms. The fourth-order valence-electron chi connectivity index (χ4n) is 1.33. The monoisotopic (exact) mass is 222 g/mol. The number of nitrogens with zero attached hydrogens (tertiary/aromatic N) is 3. The largest absolute Gasteiger partial charge is 0.325 e. The Hall–Kier alpha value is -1.42. The Morgan fingerprint density at radius 1 is 1.40 bits per heavy atom. The summed E-state index contributed by atoms with van der Waals surface area (Å²) in [7, 11) is 0. The first-order valence-corrected chi connectivity index (χ1v) is 5.10. The highest BCUT2D eigenvalue weighted by Crippen LogP contribution is 2.18. The molecule has 0 atom stereocenters. The second-order valence-electron chi connectivity index (χ2n) is 3.33. The average molecular weight is 223 g/mol. The Bertz CT molecular complexity index is 425. The lowest BCUT2D eigenvalue weighted by Crippen LogP contribution is -2.05. The van der Waals surface area contributed by atoms with E-state index in [1.807, 2.05) is 6.21 Å². The molecule has 0 unspecified atom stereocenters. The Kier molecular flexibility index (Phi) is 2.97. The lowest BCUT2D eigenvalue weighted by Gasteiger charge is -2.12. The van der Waals surface area contributed by atoms with Crippen LogP contribution in [-0.4, -0.2) is 16.2 Å². The van der Waals surface area contributed by atoms with Gasteiger partial charge in [-0.3, -0.25) is 0 Å². The second kappa shape index (κ2) is 4.40. The van der Waals surface area contributed by atoms with Crippen molar-refractivity contribution in [3.05, 3.63) is 28.9 Å². The van der Waals surface area contributed by atoms with Gasteiger partial charge in [0, 0.05) is 12.3 Å². The fraction of sp³-hybridized carbons (Fsp3) is 0.300. The topological polar surface area (TPSA) is 50.2 Å². The molecule has 2 heterocycles. The van der Waals surface area contributed by atoms with Gasteiger partial charge in [0.25, 0.3) is 0 Å². The van der Waals surface area contributed by atoms with Gasteiger partial charge in [-0.15, -0.1) is 0 Å². The van der Waals surface area contributed by atoms with E-state index in [1.54, 1.807) is 6.07 Å². The summed E-state index contributed by atoms with van der Waals surface area (Å²) in [6, 6.07) is 1.67. The summed E-state index contributed by atoms with van der Waals surface area (Å²) in [5, 5.41) is 3.54. The molecule has 15 heavy (non-hydrogen) atoms. The third kappa shape index (κ3) is 2.53. The summed E-state index contributed by atoms with van der Waals surface area (Å²) in [4.78, 5) is 12.1. The van der Waals surface area contributed by atoms with Crippen LogP contribution in [0.15, 0.2) is 28.8 Å². The van der Waals surface area contributed by atoms with Gasteiger partial charge in [-0.25, -0.2) is 15.0 Å². The molecule has 0 fully saturated rings. The standard InChI is InChI=1S/C10H11ClN4/c1-7-3-2-4-12-10(7)15-9-5-8(11)13-6-14-9/h4-6H,2-3H2,1H3,(H,13,14,15). The molecule has 0 bridgehead atoms. The fourth-order valence-corrected chi connectivity index (χ4v) is 1.47. The quantitative estimate of drug-likeness (QED) is 0.783. The minimum atomic E-state index is 0.422. The van der Waals surface area contributed by atoms with Crippen molar-refractivity contribution in [2.45, 2.75) is 19.8 Å². The number of anilines is 1. The smallest absolute Gasteiger partial charge is 0.136 e. The van der Waals surface area contributed by atoms with Crippen molar-refractivity contribution < 1.29 is 0 Å². The Morgan fingerprint density at radius 2 is 2.27 bits per heavy atom. The zero-order valence-electron chi connectivity index (χ0n) is 8.37. The highest BCUT2D eigenvalue weighted by molar-refractivity contribution is 6.29. The van der Waals surface area contributed by atoms with Crippen LogP contribution < -0.4 is 5.32 Å². The molecule has 2 rings (SSSR count). The number of aromatic nitrogens is 2. The number of rotatable bonds is 2.